The molecule has 0 N–H and O–H groups in total. The van der Waals surface area contributed by atoms with Crippen molar-refractivity contribution in [1.82, 2.24) is 0 Å². The Labute approximate surface area is 115 Å². The standard InChI is InChI=1S/C14H20O4Si/c1-4-5-11-19(17-12(2)15,18-13(3)16)14-9-7-6-8-10-14/h6-10H,4-5,11H2,1-3H3. The highest BCUT2D eigenvalue weighted by Gasteiger charge is 2.45. The van der Waals surface area contributed by atoms with Gasteiger partial charge >= 0.3 is 8.56 Å². The van der Waals surface area contributed by atoms with Crippen molar-refractivity contribution in [3.63, 3.8) is 0 Å². The predicted octanol–water partition coefficient (Wildman–Crippen LogP) is 2.26. The van der Waals surface area contributed by atoms with Crippen molar-refractivity contribution in [3.8, 4) is 0 Å². The van der Waals surface area contributed by atoms with Gasteiger partial charge in [-0.15, -0.1) is 0 Å². The van der Waals surface area contributed by atoms with Crippen LogP contribution < -0.4 is 5.19 Å². The van der Waals surface area contributed by atoms with Crippen LogP contribution in [0.5, 0.6) is 0 Å². The summed E-state index contributed by atoms with van der Waals surface area (Å²) in [5.74, 6) is -0.819. The zero-order chi connectivity index (χ0) is 14.3. The molecule has 0 aliphatic carbocycles. The Balaban J connectivity index is 3.16. The van der Waals surface area contributed by atoms with Crippen LogP contribution in [-0.4, -0.2) is 20.5 Å². The Bertz CT molecular complexity index is 414. The van der Waals surface area contributed by atoms with E-state index in [0.29, 0.717) is 6.04 Å². The Kier molecular flexibility index (Phi) is 5.76. The first-order chi connectivity index (χ1) is 9.00. The third-order valence-electron chi connectivity index (χ3n) is 2.69. The van der Waals surface area contributed by atoms with Gasteiger partial charge in [0.2, 0.25) is 0 Å². The van der Waals surface area contributed by atoms with Crippen LogP contribution in [0, 0.1) is 0 Å². The average molecular weight is 280 g/mol. The van der Waals surface area contributed by atoms with Gasteiger partial charge < -0.3 is 8.85 Å². The van der Waals surface area contributed by atoms with Crippen molar-refractivity contribution in [2.24, 2.45) is 0 Å². The molecule has 5 heteroatoms. The average Bonchev–Trinajstić information content (AvgIpc) is 2.35. The van der Waals surface area contributed by atoms with Gasteiger partial charge in [-0.25, -0.2) is 0 Å². The second kappa shape index (κ2) is 7.09. The Hall–Kier alpha value is -1.62. The lowest BCUT2D eigenvalue weighted by Gasteiger charge is -2.28. The van der Waals surface area contributed by atoms with E-state index < -0.39 is 20.5 Å². The van der Waals surface area contributed by atoms with Gasteiger partial charge in [0.15, 0.2) is 0 Å². The molecule has 0 radical (unpaired) electrons. The molecule has 19 heavy (non-hydrogen) atoms. The monoisotopic (exact) mass is 280 g/mol. The fourth-order valence-electron chi connectivity index (χ4n) is 1.95. The van der Waals surface area contributed by atoms with Crippen molar-refractivity contribution in [3.05, 3.63) is 30.3 Å². The van der Waals surface area contributed by atoms with E-state index >= 15 is 0 Å². The molecule has 0 aromatic heterocycles. The molecule has 1 aromatic carbocycles. The molecule has 104 valence electrons. The van der Waals surface area contributed by atoms with Gasteiger partial charge in [-0.05, 0) is 6.42 Å². The van der Waals surface area contributed by atoms with E-state index in [4.69, 9.17) is 8.85 Å². The maximum atomic E-state index is 11.4. The summed E-state index contributed by atoms with van der Waals surface area (Å²) in [5, 5.41) is 0.814. The number of unbranched alkanes of at least 4 members (excludes halogenated alkanes) is 1. The maximum absolute atomic E-state index is 11.4. The fourth-order valence-corrected chi connectivity index (χ4v) is 5.17. The largest absolute Gasteiger partial charge is 0.499 e. The first kappa shape index (κ1) is 15.4. The summed E-state index contributed by atoms with van der Waals surface area (Å²) < 4.78 is 11.0. The SMILES string of the molecule is CCCC[Si](OC(C)=O)(OC(C)=O)c1ccccc1. The molecule has 1 aromatic rings. The zero-order valence-electron chi connectivity index (χ0n) is 11.6. The minimum Gasteiger partial charge on any atom is -0.482 e. The number of hydrogen-bond donors (Lipinski definition) is 0. The summed E-state index contributed by atoms with van der Waals surface area (Å²) in [4.78, 5) is 22.8. The highest BCUT2D eigenvalue weighted by Crippen LogP contribution is 2.18. The number of carbonyl (C=O) groups is 2. The summed E-state index contributed by atoms with van der Waals surface area (Å²) in [6.45, 7) is 4.74. The molecule has 0 heterocycles. The van der Waals surface area contributed by atoms with Crippen molar-refractivity contribution in [1.29, 1.82) is 0 Å². The lowest BCUT2D eigenvalue weighted by Crippen LogP contribution is -2.55. The van der Waals surface area contributed by atoms with E-state index in [0.717, 1.165) is 18.0 Å². The third-order valence-corrected chi connectivity index (χ3v) is 6.15. The minimum absolute atomic E-state index is 0.409. The van der Waals surface area contributed by atoms with E-state index in [1.807, 2.05) is 37.3 Å². The number of hydrogen-bond acceptors (Lipinski definition) is 4. The van der Waals surface area contributed by atoms with E-state index in [2.05, 4.69) is 0 Å². The van der Waals surface area contributed by atoms with E-state index in [9.17, 15) is 9.59 Å². The van der Waals surface area contributed by atoms with Crippen LogP contribution in [0.25, 0.3) is 0 Å². The molecule has 0 unspecified atom stereocenters. The molecular formula is C14H20O4Si. The number of benzene rings is 1. The highest BCUT2D eigenvalue weighted by molar-refractivity contribution is 6.83. The second-order valence-corrected chi connectivity index (χ2v) is 7.40. The van der Waals surface area contributed by atoms with Crippen LogP contribution >= 0.6 is 0 Å². The number of carbonyl (C=O) groups excluding carboxylic acids is 2. The van der Waals surface area contributed by atoms with Crippen LogP contribution in [0.4, 0.5) is 0 Å². The molecule has 0 saturated heterocycles. The molecule has 0 spiro atoms. The molecule has 0 fully saturated rings. The van der Waals surface area contributed by atoms with Crippen molar-refractivity contribution < 1.29 is 18.4 Å². The minimum atomic E-state index is -3.02. The molecule has 0 aliphatic heterocycles. The van der Waals surface area contributed by atoms with Gasteiger partial charge in [-0.2, -0.15) is 0 Å². The topological polar surface area (TPSA) is 52.6 Å². The molecule has 0 amide bonds. The van der Waals surface area contributed by atoms with Gasteiger partial charge in [0.1, 0.15) is 0 Å². The lowest BCUT2D eigenvalue weighted by atomic mass is 10.4. The van der Waals surface area contributed by atoms with Crippen LogP contribution in [0.2, 0.25) is 6.04 Å². The van der Waals surface area contributed by atoms with Crippen LogP contribution in [-0.2, 0) is 18.4 Å². The fraction of sp³-hybridized carbons (Fsp3) is 0.429. The lowest BCUT2D eigenvalue weighted by molar-refractivity contribution is -0.138. The first-order valence-corrected chi connectivity index (χ1v) is 8.47. The molecule has 0 saturated carbocycles. The highest BCUT2D eigenvalue weighted by atomic mass is 28.4. The summed E-state index contributed by atoms with van der Waals surface area (Å²) >= 11 is 0. The Morgan fingerprint density at radius 2 is 1.58 bits per heavy atom. The molecule has 0 bridgehead atoms. The molecule has 1 rings (SSSR count). The summed E-state index contributed by atoms with van der Waals surface area (Å²) in [5.41, 5.74) is 0. The van der Waals surface area contributed by atoms with E-state index in [1.165, 1.54) is 13.8 Å². The molecule has 0 atom stereocenters. The van der Waals surface area contributed by atoms with Crippen LogP contribution in [0.15, 0.2) is 30.3 Å². The number of rotatable bonds is 6. The molecular weight excluding hydrogens is 260 g/mol. The van der Waals surface area contributed by atoms with Gasteiger partial charge in [-0.3, -0.25) is 9.59 Å². The van der Waals surface area contributed by atoms with Gasteiger partial charge in [-0.1, -0.05) is 43.7 Å². The van der Waals surface area contributed by atoms with Gasteiger partial charge in [0, 0.05) is 25.1 Å². The summed E-state index contributed by atoms with van der Waals surface area (Å²) in [6.07, 6.45) is 1.80. The molecule has 4 nitrogen and oxygen atoms in total. The zero-order valence-corrected chi connectivity index (χ0v) is 12.6. The first-order valence-electron chi connectivity index (χ1n) is 6.45. The summed E-state index contributed by atoms with van der Waals surface area (Å²) in [6, 6.07) is 9.89. The van der Waals surface area contributed by atoms with E-state index in [-0.39, 0.29) is 0 Å². The maximum Gasteiger partial charge on any atom is 0.499 e. The molecule has 0 aliphatic rings. The van der Waals surface area contributed by atoms with Gasteiger partial charge in [0.25, 0.3) is 11.9 Å². The van der Waals surface area contributed by atoms with Crippen molar-refractivity contribution in [2.75, 3.05) is 0 Å². The van der Waals surface area contributed by atoms with Crippen LogP contribution in [0.3, 0.4) is 0 Å². The Morgan fingerprint density at radius 1 is 1.05 bits per heavy atom. The van der Waals surface area contributed by atoms with Crippen molar-refractivity contribution in [2.45, 2.75) is 39.7 Å². The van der Waals surface area contributed by atoms with E-state index in [1.54, 1.807) is 0 Å². The smallest absolute Gasteiger partial charge is 0.482 e. The summed E-state index contributed by atoms with van der Waals surface area (Å²) in [7, 11) is -3.02. The normalized spacial score (nSPS) is 10.9. The van der Waals surface area contributed by atoms with Gasteiger partial charge in [0.05, 0.1) is 0 Å². The Morgan fingerprint density at radius 3 is 2.00 bits per heavy atom. The third kappa shape index (κ3) is 4.52. The van der Waals surface area contributed by atoms with Crippen molar-refractivity contribution >= 4 is 25.7 Å². The quantitative estimate of drug-likeness (QED) is 0.750. The predicted molar refractivity (Wildman–Crippen MR) is 75.1 cm³/mol. The second-order valence-electron chi connectivity index (χ2n) is 4.41. The van der Waals surface area contributed by atoms with Crippen LogP contribution in [0.1, 0.15) is 33.6 Å².